The number of hydrogen-bond donors (Lipinski definition) is 1. The average molecular weight is 352 g/mol. The van der Waals surface area contributed by atoms with Crippen LogP contribution in [-0.4, -0.2) is 33.8 Å². The molecule has 6 heteroatoms. The third-order valence-electron chi connectivity index (χ3n) is 4.11. The summed E-state index contributed by atoms with van der Waals surface area (Å²) in [5.41, 5.74) is 2.10. The summed E-state index contributed by atoms with van der Waals surface area (Å²) in [6, 6.07) is 11.7. The van der Waals surface area contributed by atoms with Gasteiger partial charge in [0.15, 0.2) is 5.65 Å². The molecule has 3 aromatic rings. The Morgan fingerprint density at radius 2 is 2.04 bits per heavy atom. The van der Waals surface area contributed by atoms with Crippen LogP contribution in [0.3, 0.4) is 0 Å². The normalized spacial score (nSPS) is 11.1. The van der Waals surface area contributed by atoms with Crippen LogP contribution in [-0.2, 0) is 0 Å². The molecule has 1 amide bonds. The highest BCUT2D eigenvalue weighted by atomic mass is 16.5. The van der Waals surface area contributed by atoms with E-state index in [0.29, 0.717) is 24.4 Å². The Hall–Kier alpha value is -2.89. The number of carbonyl (C=O) groups is 1. The number of carbonyl (C=O) groups excluding carboxylic acids is 1. The number of hydrogen-bond acceptors (Lipinski definition) is 4. The van der Waals surface area contributed by atoms with Gasteiger partial charge >= 0.3 is 0 Å². The maximum Gasteiger partial charge on any atom is 0.253 e. The molecule has 136 valence electrons. The molecule has 0 aliphatic heterocycles. The fraction of sp³-hybridized carbons (Fsp3) is 0.350. The van der Waals surface area contributed by atoms with E-state index in [0.717, 1.165) is 23.2 Å². The van der Waals surface area contributed by atoms with Gasteiger partial charge in [-0.3, -0.25) is 4.79 Å². The number of nitrogens with one attached hydrogen (secondary N) is 1. The number of ether oxygens (including phenoxy) is 1. The average Bonchev–Trinajstić information content (AvgIpc) is 3.04. The number of aromatic nitrogens is 3. The van der Waals surface area contributed by atoms with Crippen molar-refractivity contribution in [1.29, 1.82) is 0 Å². The van der Waals surface area contributed by atoms with E-state index in [1.54, 1.807) is 6.20 Å². The summed E-state index contributed by atoms with van der Waals surface area (Å²) in [4.78, 5) is 17.0. The van der Waals surface area contributed by atoms with Gasteiger partial charge in [0, 0.05) is 18.0 Å². The monoisotopic (exact) mass is 352 g/mol. The zero-order valence-electron chi connectivity index (χ0n) is 15.4. The van der Waals surface area contributed by atoms with Crippen molar-refractivity contribution in [2.45, 2.75) is 33.2 Å². The van der Waals surface area contributed by atoms with Crippen LogP contribution >= 0.6 is 0 Å². The van der Waals surface area contributed by atoms with Crippen LogP contribution in [0.25, 0.3) is 11.0 Å². The van der Waals surface area contributed by atoms with E-state index < -0.39 is 0 Å². The quantitative estimate of drug-likeness (QED) is 0.661. The molecule has 0 aliphatic rings. The van der Waals surface area contributed by atoms with E-state index in [1.165, 1.54) is 0 Å². The molecule has 6 nitrogen and oxygen atoms in total. The van der Waals surface area contributed by atoms with Crippen molar-refractivity contribution in [3.8, 4) is 5.75 Å². The third kappa shape index (κ3) is 4.02. The van der Waals surface area contributed by atoms with Gasteiger partial charge in [-0.15, -0.1) is 0 Å². The molecule has 0 saturated heterocycles. The lowest BCUT2D eigenvalue weighted by Crippen LogP contribution is -2.26. The number of amides is 1. The fourth-order valence-electron chi connectivity index (χ4n) is 2.75. The van der Waals surface area contributed by atoms with Crippen molar-refractivity contribution in [3.05, 3.63) is 53.9 Å². The zero-order valence-corrected chi connectivity index (χ0v) is 15.4. The first-order valence-electron chi connectivity index (χ1n) is 8.87. The van der Waals surface area contributed by atoms with Crippen molar-refractivity contribution in [2.75, 3.05) is 13.2 Å². The van der Waals surface area contributed by atoms with Gasteiger partial charge in [-0.1, -0.05) is 18.2 Å². The Morgan fingerprint density at radius 1 is 1.27 bits per heavy atom. The highest BCUT2D eigenvalue weighted by Crippen LogP contribution is 2.19. The molecule has 2 heterocycles. The molecule has 26 heavy (non-hydrogen) atoms. The molecule has 0 spiro atoms. The van der Waals surface area contributed by atoms with Crippen LogP contribution in [0.5, 0.6) is 5.75 Å². The van der Waals surface area contributed by atoms with Crippen molar-refractivity contribution in [1.82, 2.24) is 20.1 Å². The lowest BCUT2D eigenvalue weighted by Gasteiger charge is -2.10. The maximum atomic E-state index is 12.5. The summed E-state index contributed by atoms with van der Waals surface area (Å²) in [7, 11) is 0. The summed E-state index contributed by atoms with van der Waals surface area (Å²) in [6.45, 7) is 7.07. The number of benzene rings is 1. The Balaban J connectivity index is 1.57. The number of nitrogens with zero attached hydrogens (tertiary/aromatic N) is 3. The second kappa shape index (κ2) is 7.99. The number of para-hydroxylation sites is 1. The van der Waals surface area contributed by atoms with Crippen LogP contribution in [0, 0.1) is 6.92 Å². The topological polar surface area (TPSA) is 69.0 Å². The van der Waals surface area contributed by atoms with Crippen LogP contribution in [0.4, 0.5) is 0 Å². The fourth-order valence-corrected chi connectivity index (χ4v) is 2.75. The molecule has 0 unspecified atom stereocenters. The smallest absolute Gasteiger partial charge is 0.253 e. The largest absolute Gasteiger partial charge is 0.494 e. The molecule has 0 atom stereocenters. The molecule has 3 rings (SSSR count). The van der Waals surface area contributed by atoms with Gasteiger partial charge in [0.05, 0.1) is 24.1 Å². The van der Waals surface area contributed by atoms with E-state index in [2.05, 4.69) is 29.2 Å². The van der Waals surface area contributed by atoms with Gasteiger partial charge in [-0.05, 0) is 45.4 Å². The number of aryl methyl sites for hydroxylation is 1. The second-order valence-corrected chi connectivity index (χ2v) is 6.49. The van der Waals surface area contributed by atoms with Gasteiger partial charge in [-0.25, -0.2) is 9.67 Å². The summed E-state index contributed by atoms with van der Waals surface area (Å²) < 4.78 is 7.49. The number of pyridine rings is 1. The first-order valence-corrected chi connectivity index (χ1v) is 8.87. The van der Waals surface area contributed by atoms with E-state index in [4.69, 9.17) is 4.74 Å². The maximum absolute atomic E-state index is 12.5. The van der Waals surface area contributed by atoms with E-state index in [-0.39, 0.29) is 11.9 Å². The number of fused-ring (bicyclic) bond motifs is 1. The highest BCUT2D eigenvalue weighted by Gasteiger charge is 2.14. The summed E-state index contributed by atoms with van der Waals surface area (Å²) in [6.07, 6.45) is 2.49. The molecule has 2 aromatic heterocycles. The molecule has 0 aliphatic carbocycles. The second-order valence-electron chi connectivity index (χ2n) is 6.49. The van der Waals surface area contributed by atoms with Gasteiger partial charge in [0.2, 0.25) is 0 Å². The summed E-state index contributed by atoms with van der Waals surface area (Å²) in [5, 5.41) is 8.17. The zero-order chi connectivity index (χ0) is 18.5. The lowest BCUT2D eigenvalue weighted by atomic mass is 10.1. The minimum atomic E-state index is -0.117. The van der Waals surface area contributed by atoms with Crippen molar-refractivity contribution in [2.24, 2.45) is 0 Å². The van der Waals surface area contributed by atoms with Crippen LogP contribution < -0.4 is 10.1 Å². The molecule has 0 fully saturated rings. The highest BCUT2D eigenvalue weighted by molar-refractivity contribution is 5.98. The molecule has 0 bridgehead atoms. The standard InChI is InChI=1S/C20H24N4O2/c1-14(2)24-19-16(13-22-24)12-18(15(3)23-19)20(25)21-10-7-11-26-17-8-5-4-6-9-17/h4-6,8-9,12-14H,7,10-11H2,1-3H3,(H,21,25). The molecular formula is C20H24N4O2. The molecule has 1 N–H and O–H groups in total. The predicted molar refractivity (Wildman–Crippen MR) is 102 cm³/mol. The van der Waals surface area contributed by atoms with Crippen LogP contribution in [0.15, 0.2) is 42.6 Å². The summed E-state index contributed by atoms with van der Waals surface area (Å²) >= 11 is 0. The van der Waals surface area contributed by atoms with Gasteiger partial charge in [0.1, 0.15) is 5.75 Å². The van der Waals surface area contributed by atoms with Crippen LogP contribution in [0.1, 0.15) is 42.4 Å². The van der Waals surface area contributed by atoms with Gasteiger partial charge in [0.25, 0.3) is 5.91 Å². The van der Waals surface area contributed by atoms with Crippen molar-refractivity contribution < 1.29 is 9.53 Å². The predicted octanol–water partition coefficient (Wildman–Crippen LogP) is 3.52. The SMILES string of the molecule is Cc1nc2c(cnn2C(C)C)cc1C(=O)NCCCOc1ccccc1. The Morgan fingerprint density at radius 3 is 2.77 bits per heavy atom. The molecule has 1 aromatic carbocycles. The molecular weight excluding hydrogens is 328 g/mol. The van der Waals surface area contributed by atoms with E-state index >= 15 is 0 Å². The lowest BCUT2D eigenvalue weighted by molar-refractivity contribution is 0.0950. The van der Waals surface area contributed by atoms with Crippen molar-refractivity contribution in [3.63, 3.8) is 0 Å². The minimum Gasteiger partial charge on any atom is -0.494 e. The Bertz CT molecular complexity index is 887. The first-order chi connectivity index (χ1) is 12.6. The van der Waals surface area contributed by atoms with Crippen molar-refractivity contribution >= 4 is 16.9 Å². The third-order valence-corrected chi connectivity index (χ3v) is 4.11. The van der Waals surface area contributed by atoms with E-state index in [1.807, 2.05) is 48.0 Å². The Kier molecular flexibility index (Phi) is 5.51. The Labute approximate surface area is 153 Å². The first kappa shape index (κ1) is 17.9. The van der Waals surface area contributed by atoms with Crippen LogP contribution in [0.2, 0.25) is 0 Å². The summed E-state index contributed by atoms with van der Waals surface area (Å²) in [5.74, 6) is 0.723. The molecule has 0 saturated carbocycles. The van der Waals surface area contributed by atoms with Gasteiger partial charge in [-0.2, -0.15) is 5.10 Å². The van der Waals surface area contributed by atoms with E-state index in [9.17, 15) is 4.79 Å². The molecule has 0 radical (unpaired) electrons. The van der Waals surface area contributed by atoms with Gasteiger partial charge < -0.3 is 10.1 Å². The minimum absolute atomic E-state index is 0.117. The number of rotatable bonds is 7.